The third-order valence-corrected chi connectivity index (χ3v) is 2.81. The Morgan fingerprint density at radius 2 is 1.81 bits per heavy atom. The van der Waals surface area contributed by atoms with Crippen molar-refractivity contribution in [2.45, 2.75) is 6.92 Å². The van der Waals surface area contributed by atoms with Gasteiger partial charge in [0.1, 0.15) is 5.75 Å². The Balaban J connectivity index is 2.16. The second-order valence-electron chi connectivity index (χ2n) is 4.52. The maximum atomic E-state index is 12.0. The molecule has 0 atom stereocenters. The van der Waals surface area contributed by atoms with Crippen LogP contribution in [0.25, 0.3) is 6.08 Å². The Kier molecular flexibility index (Phi) is 4.51. The first-order valence-corrected chi connectivity index (χ1v) is 6.44. The van der Waals surface area contributed by atoms with E-state index in [0.29, 0.717) is 5.69 Å². The molecular formula is C17H15NO3. The number of phenols is 1. The monoisotopic (exact) mass is 281 g/mol. The zero-order valence-corrected chi connectivity index (χ0v) is 11.5. The topological polar surface area (TPSA) is 66.4 Å². The number of hydrogen-bond donors (Lipinski definition) is 2. The summed E-state index contributed by atoms with van der Waals surface area (Å²) in [6, 6.07) is 13.8. The van der Waals surface area contributed by atoms with Gasteiger partial charge in [-0.1, -0.05) is 36.4 Å². The first kappa shape index (κ1) is 14.5. The van der Waals surface area contributed by atoms with E-state index in [4.69, 9.17) is 0 Å². The molecule has 0 radical (unpaired) electrons. The molecule has 106 valence electrons. The van der Waals surface area contributed by atoms with Gasteiger partial charge in [-0.05, 0) is 23.8 Å². The Hall–Kier alpha value is -2.88. The second-order valence-corrected chi connectivity index (χ2v) is 4.52. The quantitative estimate of drug-likeness (QED) is 0.668. The fraction of sp³-hybridized carbons (Fsp3) is 0.0588. The molecule has 0 saturated carbocycles. The molecule has 0 saturated heterocycles. The molecule has 21 heavy (non-hydrogen) atoms. The molecule has 0 heterocycles. The molecule has 0 aromatic heterocycles. The molecule has 2 rings (SSSR count). The van der Waals surface area contributed by atoms with Gasteiger partial charge in [0.25, 0.3) is 0 Å². The summed E-state index contributed by atoms with van der Waals surface area (Å²) in [6.07, 6.45) is 3.09. The average molecular weight is 281 g/mol. The SMILES string of the molecule is CC(=O)Nc1ccc(C(=O)/C=C/c2ccccc2)c(O)c1. The maximum absolute atomic E-state index is 12.0. The Bertz CT molecular complexity index is 690. The van der Waals surface area contributed by atoms with Crippen molar-refractivity contribution in [3.8, 4) is 5.75 Å². The minimum absolute atomic E-state index is 0.163. The maximum Gasteiger partial charge on any atom is 0.221 e. The van der Waals surface area contributed by atoms with E-state index in [2.05, 4.69) is 5.32 Å². The number of nitrogens with one attached hydrogen (secondary N) is 1. The highest BCUT2D eigenvalue weighted by atomic mass is 16.3. The van der Waals surface area contributed by atoms with Crippen LogP contribution in [0.15, 0.2) is 54.6 Å². The number of phenolic OH excluding ortho intramolecular Hbond substituents is 1. The summed E-state index contributed by atoms with van der Waals surface area (Å²) in [4.78, 5) is 23.0. The van der Waals surface area contributed by atoms with Crippen LogP contribution in [0.3, 0.4) is 0 Å². The van der Waals surface area contributed by atoms with Gasteiger partial charge in [0.15, 0.2) is 5.78 Å². The van der Waals surface area contributed by atoms with E-state index in [1.807, 2.05) is 30.3 Å². The van der Waals surface area contributed by atoms with Crippen LogP contribution in [-0.2, 0) is 4.79 Å². The van der Waals surface area contributed by atoms with E-state index < -0.39 is 0 Å². The highest BCUT2D eigenvalue weighted by Crippen LogP contribution is 2.23. The van der Waals surface area contributed by atoms with Crippen molar-refractivity contribution in [1.29, 1.82) is 0 Å². The van der Waals surface area contributed by atoms with Crippen LogP contribution in [-0.4, -0.2) is 16.8 Å². The first-order chi connectivity index (χ1) is 10.1. The van der Waals surface area contributed by atoms with Crippen molar-refractivity contribution in [3.63, 3.8) is 0 Å². The smallest absolute Gasteiger partial charge is 0.221 e. The van der Waals surface area contributed by atoms with E-state index in [-0.39, 0.29) is 23.0 Å². The van der Waals surface area contributed by atoms with Crippen molar-refractivity contribution < 1.29 is 14.7 Å². The number of allylic oxidation sites excluding steroid dienone is 1. The number of anilines is 1. The predicted molar refractivity (Wildman–Crippen MR) is 82.2 cm³/mol. The Morgan fingerprint density at radius 3 is 2.43 bits per heavy atom. The molecule has 0 unspecified atom stereocenters. The molecule has 2 N–H and O–H groups in total. The van der Waals surface area contributed by atoms with Gasteiger partial charge in [0.2, 0.25) is 5.91 Å². The summed E-state index contributed by atoms with van der Waals surface area (Å²) in [7, 11) is 0. The van der Waals surface area contributed by atoms with Crippen LogP contribution in [0, 0.1) is 0 Å². The van der Waals surface area contributed by atoms with Crippen molar-refractivity contribution >= 4 is 23.5 Å². The molecule has 0 aliphatic carbocycles. The number of carbonyl (C=O) groups excluding carboxylic acids is 2. The average Bonchev–Trinajstić information content (AvgIpc) is 2.45. The first-order valence-electron chi connectivity index (χ1n) is 6.44. The molecule has 0 aliphatic rings. The highest BCUT2D eigenvalue weighted by molar-refractivity contribution is 6.09. The molecule has 0 bridgehead atoms. The second kappa shape index (κ2) is 6.52. The van der Waals surface area contributed by atoms with E-state index in [1.54, 1.807) is 12.1 Å². The van der Waals surface area contributed by atoms with Crippen LogP contribution < -0.4 is 5.32 Å². The zero-order valence-electron chi connectivity index (χ0n) is 11.5. The van der Waals surface area contributed by atoms with Gasteiger partial charge in [0.05, 0.1) is 5.56 Å². The van der Waals surface area contributed by atoms with E-state index in [1.165, 1.54) is 25.1 Å². The van der Waals surface area contributed by atoms with Gasteiger partial charge in [-0.25, -0.2) is 0 Å². The fourth-order valence-corrected chi connectivity index (χ4v) is 1.85. The largest absolute Gasteiger partial charge is 0.507 e. The highest BCUT2D eigenvalue weighted by Gasteiger charge is 2.09. The lowest BCUT2D eigenvalue weighted by molar-refractivity contribution is -0.114. The normalized spacial score (nSPS) is 10.5. The molecule has 0 fully saturated rings. The van der Waals surface area contributed by atoms with Gasteiger partial charge in [-0.3, -0.25) is 9.59 Å². The zero-order chi connectivity index (χ0) is 15.2. The Morgan fingerprint density at radius 1 is 1.10 bits per heavy atom. The molecule has 0 aliphatic heterocycles. The number of aromatic hydroxyl groups is 1. The van der Waals surface area contributed by atoms with Gasteiger partial charge < -0.3 is 10.4 Å². The molecule has 2 aromatic rings. The van der Waals surface area contributed by atoms with Crippen molar-refractivity contribution in [2.24, 2.45) is 0 Å². The number of rotatable bonds is 4. The summed E-state index contributed by atoms with van der Waals surface area (Å²) < 4.78 is 0. The standard InChI is InChI=1S/C17H15NO3/c1-12(19)18-14-8-9-15(17(21)11-14)16(20)10-7-13-5-3-2-4-6-13/h2-11,21H,1H3,(H,18,19)/b10-7+. The van der Waals surface area contributed by atoms with Gasteiger partial charge in [0, 0.05) is 18.7 Å². The number of amides is 1. The summed E-state index contributed by atoms with van der Waals surface area (Å²) >= 11 is 0. The third kappa shape index (κ3) is 4.04. The number of benzene rings is 2. The minimum Gasteiger partial charge on any atom is -0.507 e. The third-order valence-electron chi connectivity index (χ3n) is 2.81. The van der Waals surface area contributed by atoms with E-state index in [0.717, 1.165) is 5.56 Å². The number of carbonyl (C=O) groups is 2. The Labute approximate surface area is 122 Å². The minimum atomic E-state index is -0.300. The molecule has 4 nitrogen and oxygen atoms in total. The van der Waals surface area contributed by atoms with Crippen LogP contribution in [0.4, 0.5) is 5.69 Å². The van der Waals surface area contributed by atoms with Crippen LogP contribution in [0.2, 0.25) is 0 Å². The number of ketones is 1. The van der Waals surface area contributed by atoms with Crippen molar-refractivity contribution in [1.82, 2.24) is 0 Å². The molecule has 2 aromatic carbocycles. The predicted octanol–water partition coefficient (Wildman–Crippen LogP) is 3.25. The summed E-state index contributed by atoms with van der Waals surface area (Å²) in [5, 5.41) is 12.4. The van der Waals surface area contributed by atoms with Gasteiger partial charge in [-0.2, -0.15) is 0 Å². The lowest BCUT2D eigenvalue weighted by Gasteiger charge is -2.05. The lowest BCUT2D eigenvalue weighted by Crippen LogP contribution is -2.06. The molecule has 4 heteroatoms. The summed E-state index contributed by atoms with van der Waals surface area (Å²) in [5.41, 5.74) is 1.54. The summed E-state index contributed by atoms with van der Waals surface area (Å²) in [5.74, 6) is -0.702. The molecule has 0 spiro atoms. The lowest BCUT2D eigenvalue weighted by atomic mass is 10.1. The number of hydrogen-bond acceptors (Lipinski definition) is 3. The van der Waals surface area contributed by atoms with Crippen molar-refractivity contribution in [2.75, 3.05) is 5.32 Å². The molecule has 1 amide bonds. The summed E-state index contributed by atoms with van der Waals surface area (Å²) in [6.45, 7) is 1.37. The molecular weight excluding hydrogens is 266 g/mol. The fourth-order valence-electron chi connectivity index (χ4n) is 1.85. The van der Waals surface area contributed by atoms with E-state index in [9.17, 15) is 14.7 Å². The van der Waals surface area contributed by atoms with Crippen LogP contribution in [0.1, 0.15) is 22.8 Å². The van der Waals surface area contributed by atoms with E-state index >= 15 is 0 Å². The van der Waals surface area contributed by atoms with Crippen LogP contribution in [0.5, 0.6) is 5.75 Å². The van der Waals surface area contributed by atoms with Crippen LogP contribution >= 0.6 is 0 Å². The van der Waals surface area contributed by atoms with Crippen molar-refractivity contribution in [3.05, 3.63) is 65.7 Å². The van der Waals surface area contributed by atoms with Gasteiger partial charge >= 0.3 is 0 Å². The van der Waals surface area contributed by atoms with Gasteiger partial charge in [-0.15, -0.1) is 0 Å².